The summed E-state index contributed by atoms with van der Waals surface area (Å²) in [6.07, 6.45) is 4.95. The molecule has 0 aromatic rings. The Morgan fingerprint density at radius 3 is 2.00 bits per heavy atom. The topological polar surface area (TPSA) is 20.2 Å². The quantitative estimate of drug-likeness (QED) is 0.637. The van der Waals surface area contributed by atoms with E-state index in [1.807, 2.05) is 0 Å². The fraction of sp³-hybridized carbons (Fsp3) is 1.00. The van der Waals surface area contributed by atoms with E-state index in [2.05, 4.69) is 13.8 Å². The molecule has 70 valence electrons. The Bertz CT molecular complexity index is 150. The molecule has 2 atom stereocenters. The average Bonchev–Trinajstić information content (AvgIpc) is 2.24. The zero-order valence-electron chi connectivity index (χ0n) is 8.16. The Labute approximate surface area is 75.2 Å². The number of hydrogen-bond donors (Lipinski definition) is 1. The number of aliphatic hydroxyl groups is 1. The molecular formula is C11H20O. The van der Waals surface area contributed by atoms with Crippen LogP contribution in [-0.4, -0.2) is 11.2 Å². The van der Waals surface area contributed by atoms with E-state index in [4.69, 9.17) is 0 Å². The maximum atomic E-state index is 9.59. The summed E-state index contributed by atoms with van der Waals surface area (Å²) in [6, 6.07) is 0. The van der Waals surface area contributed by atoms with Gasteiger partial charge in [0, 0.05) is 0 Å². The first-order valence-corrected chi connectivity index (χ1v) is 5.36. The van der Waals surface area contributed by atoms with Gasteiger partial charge < -0.3 is 5.11 Å². The highest BCUT2D eigenvalue weighted by atomic mass is 16.3. The van der Waals surface area contributed by atoms with E-state index in [1.165, 1.54) is 12.8 Å². The van der Waals surface area contributed by atoms with E-state index in [9.17, 15) is 5.11 Å². The summed E-state index contributed by atoms with van der Waals surface area (Å²) in [4.78, 5) is 0. The van der Waals surface area contributed by atoms with Crippen molar-refractivity contribution in [2.75, 3.05) is 0 Å². The summed E-state index contributed by atoms with van der Waals surface area (Å²) in [7, 11) is 0. The van der Waals surface area contributed by atoms with Crippen molar-refractivity contribution in [3.05, 3.63) is 0 Å². The van der Waals surface area contributed by atoms with Gasteiger partial charge in [0.15, 0.2) is 0 Å². The van der Waals surface area contributed by atoms with Gasteiger partial charge in [-0.25, -0.2) is 0 Å². The molecular weight excluding hydrogens is 148 g/mol. The summed E-state index contributed by atoms with van der Waals surface area (Å²) in [6.45, 7) is 4.68. The lowest BCUT2D eigenvalue weighted by Crippen LogP contribution is -2.32. The highest BCUT2D eigenvalue weighted by Crippen LogP contribution is 2.49. The Hall–Kier alpha value is -0.0400. The van der Waals surface area contributed by atoms with Crippen LogP contribution in [0.2, 0.25) is 0 Å². The highest BCUT2D eigenvalue weighted by molar-refractivity contribution is 4.93. The maximum absolute atomic E-state index is 9.59. The molecule has 0 spiro atoms. The Morgan fingerprint density at radius 1 is 1.08 bits per heavy atom. The van der Waals surface area contributed by atoms with E-state index in [0.29, 0.717) is 0 Å². The van der Waals surface area contributed by atoms with Gasteiger partial charge in [0.05, 0.1) is 6.10 Å². The Balaban J connectivity index is 2.09. The van der Waals surface area contributed by atoms with Crippen LogP contribution in [0.1, 0.15) is 39.5 Å². The summed E-state index contributed by atoms with van der Waals surface area (Å²) < 4.78 is 0. The van der Waals surface area contributed by atoms with Crippen LogP contribution in [0.25, 0.3) is 0 Å². The van der Waals surface area contributed by atoms with Crippen LogP contribution in [0.15, 0.2) is 0 Å². The van der Waals surface area contributed by atoms with Crippen molar-refractivity contribution < 1.29 is 5.11 Å². The predicted octanol–water partition coefficient (Wildman–Crippen LogP) is 2.44. The minimum atomic E-state index is 0.0255. The van der Waals surface area contributed by atoms with Crippen LogP contribution < -0.4 is 0 Å². The highest BCUT2D eigenvalue weighted by Gasteiger charge is 2.43. The van der Waals surface area contributed by atoms with Crippen molar-refractivity contribution in [1.82, 2.24) is 0 Å². The molecule has 0 aromatic heterocycles. The van der Waals surface area contributed by atoms with Crippen molar-refractivity contribution >= 4 is 0 Å². The van der Waals surface area contributed by atoms with Gasteiger partial charge in [-0.05, 0) is 49.4 Å². The molecule has 2 aliphatic rings. The second-order valence-corrected chi connectivity index (χ2v) is 5.04. The molecule has 2 saturated carbocycles. The van der Waals surface area contributed by atoms with Crippen LogP contribution in [0.5, 0.6) is 0 Å². The molecule has 2 aliphatic carbocycles. The molecule has 12 heavy (non-hydrogen) atoms. The van der Waals surface area contributed by atoms with Gasteiger partial charge in [-0.3, -0.25) is 0 Å². The average molecular weight is 168 g/mol. The Morgan fingerprint density at radius 2 is 1.58 bits per heavy atom. The van der Waals surface area contributed by atoms with Gasteiger partial charge in [-0.2, -0.15) is 0 Å². The largest absolute Gasteiger partial charge is 0.393 e. The second kappa shape index (κ2) is 3.02. The molecule has 1 heteroatoms. The fourth-order valence-corrected chi connectivity index (χ4v) is 3.63. The molecule has 1 N–H and O–H groups in total. The minimum absolute atomic E-state index is 0.0255. The number of aliphatic hydroxyl groups excluding tert-OH is 1. The lowest BCUT2D eigenvalue weighted by Gasteiger charge is -2.35. The van der Waals surface area contributed by atoms with E-state index in [-0.39, 0.29) is 6.10 Å². The van der Waals surface area contributed by atoms with Gasteiger partial charge in [0.25, 0.3) is 0 Å². The maximum Gasteiger partial charge on any atom is 0.0545 e. The molecule has 0 saturated heterocycles. The first-order chi connectivity index (χ1) is 5.68. The van der Waals surface area contributed by atoms with Gasteiger partial charge in [0.2, 0.25) is 0 Å². The first kappa shape index (κ1) is 8.55. The number of fused-ring (bicyclic) bond motifs is 2. The van der Waals surface area contributed by atoms with E-state index < -0.39 is 0 Å². The molecule has 0 heterocycles. The van der Waals surface area contributed by atoms with E-state index >= 15 is 0 Å². The second-order valence-electron chi connectivity index (χ2n) is 5.04. The van der Waals surface area contributed by atoms with Gasteiger partial charge in [0.1, 0.15) is 0 Å². The molecule has 0 aliphatic heterocycles. The monoisotopic (exact) mass is 168 g/mol. The molecule has 0 amide bonds. The third-order valence-electron chi connectivity index (χ3n) is 3.92. The Kier molecular flexibility index (Phi) is 2.16. The first-order valence-electron chi connectivity index (χ1n) is 5.36. The zero-order valence-corrected chi connectivity index (χ0v) is 8.16. The summed E-state index contributed by atoms with van der Waals surface area (Å²) in [5.41, 5.74) is 0. The normalized spacial score (nSPS) is 47.0. The van der Waals surface area contributed by atoms with Crippen LogP contribution >= 0.6 is 0 Å². The third-order valence-corrected chi connectivity index (χ3v) is 3.92. The van der Waals surface area contributed by atoms with Gasteiger partial charge >= 0.3 is 0 Å². The third kappa shape index (κ3) is 1.28. The van der Waals surface area contributed by atoms with E-state index in [1.54, 1.807) is 0 Å². The molecule has 1 nitrogen and oxygen atoms in total. The zero-order chi connectivity index (χ0) is 8.72. The van der Waals surface area contributed by atoms with Crippen molar-refractivity contribution in [2.24, 2.45) is 23.7 Å². The van der Waals surface area contributed by atoms with Gasteiger partial charge in [-0.15, -0.1) is 0 Å². The lowest BCUT2D eigenvalue weighted by atomic mass is 9.72. The summed E-state index contributed by atoms with van der Waals surface area (Å²) in [5.74, 6) is 3.45. The van der Waals surface area contributed by atoms with Crippen LogP contribution in [0.4, 0.5) is 0 Å². The van der Waals surface area contributed by atoms with Crippen molar-refractivity contribution in [1.29, 1.82) is 0 Å². The standard InChI is InChI=1S/C11H20O/c1-7(2)11-8-3-4-9(11)6-10(12)5-8/h7-12H,3-6H2,1-2H3. The number of hydrogen-bond acceptors (Lipinski definition) is 1. The number of rotatable bonds is 1. The molecule has 2 fully saturated rings. The lowest BCUT2D eigenvalue weighted by molar-refractivity contribution is 0.0442. The van der Waals surface area contributed by atoms with E-state index in [0.717, 1.165) is 36.5 Å². The van der Waals surface area contributed by atoms with Gasteiger partial charge in [-0.1, -0.05) is 13.8 Å². The summed E-state index contributed by atoms with van der Waals surface area (Å²) >= 11 is 0. The smallest absolute Gasteiger partial charge is 0.0545 e. The molecule has 2 rings (SSSR count). The van der Waals surface area contributed by atoms with Crippen LogP contribution in [-0.2, 0) is 0 Å². The van der Waals surface area contributed by atoms with Crippen LogP contribution in [0.3, 0.4) is 0 Å². The molecule has 0 aromatic carbocycles. The fourth-order valence-electron chi connectivity index (χ4n) is 3.63. The predicted molar refractivity (Wildman–Crippen MR) is 49.8 cm³/mol. The SMILES string of the molecule is CC(C)C1C2CCC1CC(O)C2. The van der Waals surface area contributed by atoms with Crippen molar-refractivity contribution in [3.63, 3.8) is 0 Å². The van der Waals surface area contributed by atoms with Crippen molar-refractivity contribution in [2.45, 2.75) is 45.6 Å². The molecule has 0 radical (unpaired) electrons. The minimum Gasteiger partial charge on any atom is -0.393 e. The summed E-state index contributed by atoms with van der Waals surface area (Å²) in [5, 5.41) is 9.59. The van der Waals surface area contributed by atoms with Crippen molar-refractivity contribution in [3.8, 4) is 0 Å². The molecule has 2 unspecified atom stereocenters. The van der Waals surface area contributed by atoms with Crippen LogP contribution in [0, 0.1) is 23.7 Å². The molecule has 2 bridgehead atoms.